The van der Waals surface area contributed by atoms with Crippen molar-refractivity contribution in [1.82, 2.24) is 4.98 Å². The summed E-state index contributed by atoms with van der Waals surface area (Å²) >= 11 is 0. The van der Waals surface area contributed by atoms with Gasteiger partial charge in [-0.05, 0) is 59.5 Å². The van der Waals surface area contributed by atoms with Gasteiger partial charge in [0.05, 0.1) is 6.04 Å². The smallest absolute Gasteiger partial charge is 0.115 e. The van der Waals surface area contributed by atoms with Crippen LogP contribution in [0.4, 0.5) is 5.69 Å². The number of aromatic hydroxyl groups is 1. The van der Waals surface area contributed by atoms with E-state index in [4.69, 9.17) is 0 Å². The highest BCUT2D eigenvalue weighted by Crippen LogP contribution is 2.38. The van der Waals surface area contributed by atoms with E-state index in [-0.39, 0.29) is 6.04 Å². The summed E-state index contributed by atoms with van der Waals surface area (Å²) in [7, 11) is 0. The van der Waals surface area contributed by atoms with Crippen LogP contribution in [-0.4, -0.2) is 16.6 Å². The number of anilines is 1. The van der Waals surface area contributed by atoms with Crippen molar-refractivity contribution in [1.29, 1.82) is 0 Å². The van der Waals surface area contributed by atoms with Gasteiger partial charge in [-0.1, -0.05) is 24.3 Å². The number of phenolic OH excluding ortho intramolecular Hbond substituents is 1. The molecule has 1 aliphatic rings. The molecule has 1 aliphatic heterocycles. The van der Waals surface area contributed by atoms with Crippen LogP contribution in [0.1, 0.15) is 22.7 Å². The molecule has 0 saturated heterocycles. The lowest BCUT2D eigenvalue weighted by Gasteiger charge is -2.39. The Morgan fingerprint density at radius 2 is 1.74 bits per heavy atom. The second-order valence-electron chi connectivity index (χ2n) is 5.85. The Morgan fingerprint density at radius 1 is 0.957 bits per heavy atom. The lowest BCUT2D eigenvalue weighted by atomic mass is 9.88. The van der Waals surface area contributed by atoms with E-state index in [9.17, 15) is 5.11 Å². The van der Waals surface area contributed by atoms with Crippen molar-refractivity contribution < 1.29 is 5.11 Å². The highest BCUT2D eigenvalue weighted by molar-refractivity contribution is 5.56. The SMILES string of the molecule is Oc1ccc2c(c1)CCN(c1ccccc1)C2c1ccncc1. The topological polar surface area (TPSA) is 36.4 Å². The Bertz CT molecular complexity index is 802. The molecule has 3 heteroatoms. The summed E-state index contributed by atoms with van der Waals surface area (Å²) in [5, 5.41) is 9.80. The van der Waals surface area contributed by atoms with E-state index in [1.165, 1.54) is 22.4 Å². The van der Waals surface area contributed by atoms with Gasteiger partial charge in [-0.25, -0.2) is 0 Å². The maximum absolute atomic E-state index is 9.80. The summed E-state index contributed by atoms with van der Waals surface area (Å²) < 4.78 is 0. The molecule has 1 unspecified atom stereocenters. The highest BCUT2D eigenvalue weighted by Gasteiger charge is 2.29. The normalized spacial score (nSPS) is 16.9. The van der Waals surface area contributed by atoms with E-state index in [0.29, 0.717) is 5.75 Å². The lowest BCUT2D eigenvalue weighted by Crippen LogP contribution is -2.36. The van der Waals surface area contributed by atoms with E-state index in [0.717, 1.165) is 13.0 Å². The zero-order valence-electron chi connectivity index (χ0n) is 12.8. The van der Waals surface area contributed by atoms with Crippen molar-refractivity contribution in [2.45, 2.75) is 12.5 Å². The first kappa shape index (κ1) is 13.8. The molecule has 3 aromatic rings. The Hall–Kier alpha value is -2.81. The number of fused-ring (bicyclic) bond motifs is 1. The molecule has 0 spiro atoms. The molecule has 3 nitrogen and oxygen atoms in total. The molecule has 0 amide bonds. The molecule has 0 bridgehead atoms. The summed E-state index contributed by atoms with van der Waals surface area (Å²) in [6, 6.07) is 20.5. The van der Waals surface area contributed by atoms with Crippen LogP contribution in [0.5, 0.6) is 5.75 Å². The van der Waals surface area contributed by atoms with E-state index >= 15 is 0 Å². The van der Waals surface area contributed by atoms with Gasteiger partial charge in [-0.3, -0.25) is 4.98 Å². The minimum absolute atomic E-state index is 0.143. The predicted octanol–water partition coefficient (Wildman–Crippen LogP) is 3.94. The van der Waals surface area contributed by atoms with Gasteiger partial charge >= 0.3 is 0 Å². The number of para-hydroxylation sites is 1. The molecule has 1 atom stereocenters. The zero-order chi connectivity index (χ0) is 15.6. The van der Waals surface area contributed by atoms with Crippen LogP contribution in [0.2, 0.25) is 0 Å². The second-order valence-corrected chi connectivity index (χ2v) is 5.85. The average Bonchev–Trinajstić information content (AvgIpc) is 2.62. The number of pyridine rings is 1. The van der Waals surface area contributed by atoms with Gasteiger partial charge in [-0.15, -0.1) is 0 Å². The van der Waals surface area contributed by atoms with Gasteiger partial charge < -0.3 is 10.0 Å². The van der Waals surface area contributed by atoms with Crippen molar-refractivity contribution in [3.05, 3.63) is 89.7 Å². The fourth-order valence-electron chi connectivity index (χ4n) is 3.42. The average molecular weight is 302 g/mol. The summed E-state index contributed by atoms with van der Waals surface area (Å²) in [4.78, 5) is 6.57. The lowest BCUT2D eigenvalue weighted by molar-refractivity contribution is 0.473. The van der Waals surface area contributed by atoms with Crippen molar-refractivity contribution in [3.8, 4) is 5.75 Å². The monoisotopic (exact) mass is 302 g/mol. The van der Waals surface area contributed by atoms with Gasteiger partial charge in [0, 0.05) is 24.6 Å². The molecule has 2 aromatic carbocycles. The molecule has 0 saturated carbocycles. The number of phenols is 1. The molecule has 4 rings (SSSR count). The minimum atomic E-state index is 0.143. The third-order valence-electron chi connectivity index (χ3n) is 4.46. The van der Waals surface area contributed by atoms with Crippen LogP contribution < -0.4 is 4.90 Å². The first-order valence-corrected chi connectivity index (χ1v) is 7.86. The van der Waals surface area contributed by atoms with Gasteiger partial charge in [0.2, 0.25) is 0 Å². The van der Waals surface area contributed by atoms with Crippen LogP contribution >= 0.6 is 0 Å². The van der Waals surface area contributed by atoms with Crippen LogP contribution in [0, 0.1) is 0 Å². The standard InChI is InChI=1S/C20H18N2O/c23-18-6-7-19-16(14-18)10-13-22(17-4-2-1-3-5-17)20(19)15-8-11-21-12-9-15/h1-9,11-12,14,20,23H,10,13H2. The summed E-state index contributed by atoms with van der Waals surface area (Å²) in [5.74, 6) is 0.338. The highest BCUT2D eigenvalue weighted by atomic mass is 16.3. The third-order valence-corrected chi connectivity index (χ3v) is 4.46. The molecule has 2 heterocycles. The maximum atomic E-state index is 9.80. The summed E-state index contributed by atoms with van der Waals surface area (Å²) in [6.45, 7) is 0.924. The van der Waals surface area contributed by atoms with E-state index in [1.807, 2.05) is 30.6 Å². The Morgan fingerprint density at radius 3 is 2.52 bits per heavy atom. The summed E-state index contributed by atoms with van der Waals surface area (Å²) in [5.41, 5.74) is 4.91. The van der Waals surface area contributed by atoms with E-state index < -0.39 is 0 Å². The van der Waals surface area contributed by atoms with Crippen molar-refractivity contribution in [3.63, 3.8) is 0 Å². The first-order chi connectivity index (χ1) is 11.3. The molecule has 23 heavy (non-hydrogen) atoms. The third kappa shape index (κ3) is 2.55. The fourth-order valence-corrected chi connectivity index (χ4v) is 3.42. The number of aromatic nitrogens is 1. The predicted molar refractivity (Wildman–Crippen MR) is 91.7 cm³/mol. The first-order valence-electron chi connectivity index (χ1n) is 7.86. The summed E-state index contributed by atoms with van der Waals surface area (Å²) in [6.07, 6.45) is 4.61. The molecular formula is C20H18N2O. The number of nitrogens with zero attached hydrogens (tertiary/aromatic N) is 2. The molecule has 1 N–H and O–H groups in total. The van der Waals surface area contributed by atoms with Crippen molar-refractivity contribution in [2.75, 3.05) is 11.4 Å². The van der Waals surface area contributed by atoms with Crippen molar-refractivity contribution in [2.24, 2.45) is 0 Å². The molecule has 1 aromatic heterocycles. The quantitative estimate of drug-likeness (QED) is 0.779. The molecule has 0 radical (unpaired) electrons. The van der Waals surface area contributed by atoms with Crippen LogP contribution in [0.25, 0.3) is 0 Å². The maximum Gasteiger partial charge on any atom is 0.115 e. The van der Waals surface area contributed by atoms with Gasteiger partial charge in [-0.2, -0.15) is 0 Å². The number of hydrogen-bond acceptors (Lipinski definition) is 3. The Labute approximate surface area is 135 Å². The largest absolute Gasteiger partial charge is 0.508 e. The van der Waals surface area contributed by atoms with Crippen LogP contribution in [0.3, 0.4) is 0 Å². The molecule has 114 valence electrons. The number of hydrogen-bond donors (Lipinski definition) is 1. The second kappa shape index (κ2) is 5.76. The molecular weight excluding hydrogens is 284 g/mol. The Balaban J connectivity index is 1.86. The van der Waals surface area contributed by atoms with Gasteiger partial charge in [0.1, 0.15) is 5.75 Å². The van der Waals surface area contributed by atoms with Gasteiger partial charge in [0.15, 0.2) is 0 Å². The number of benzene rings is 2. The van der Waals surface area contributed by atoms with Crippen molar-refractivity contribution >= 4 is 5.69 Å². The van der Waals surface area contributed by atoms with Gasteiger partial charge in [0.25, 0.3) is 0 Å². The molecule has 0 aliphatic carbocycles. The minimum Gasteiger partial charge on any atom is -0.508 e. The van der Waals surface area contributed by atoms with Crippen LogP contribution in [-0.2, 0) is 6.42 Å². The zero-order valence-corrected chi connectivity index (χ0v) is 12.8. The van der Waals surface area contributed by atoms with E-state index in [2.05, 4.69) is 46.3 Å². The Kier molecular flexibility index (Phi) is 3.46. The number of rotatable bonds is 2. The van der Waals surface area contributed by atoms with Crippen LogP contribution in [0.15, 0.2) is 73.1 Å². The molecule has 0 fully saturated rings. The van der Waals surface area contributed by atoms with E-state index in [1.54, 1.807) is 6.07 Å². The fraction of sp³-hybridized carbons (Fsp3) is 0.150.